The fraction of sp³-hybridized carbons (Fsp3) is 0.410. The minimum absolute atomic E-state index is 0.221. The van der Waals surface area contributed by atoms with Crippen molar-refractivity contribution >= 4 is 45.0 Å². The standard InChI is InChI=1S/C39H47Cl2N5O4/c1-26(36(47)28-13-5-3-6-14-28)42-22-30-24-45(19-11-9-17-40)38(49)32-21-33-35(44-34(30)32)31(25-46(39(33)50)20-12-10-18-41)23-43-27(2)37(48)29-15-7-4-8-16-29/h3-8,13-16,21,24-27,36-37,42-43,47-48H,9-12,17-20,22-23H2,1-2H3/t26-,27-,36-,37-/m1/s1. The summed E-state index contributed by atoms with van der Waals surface area (Å²) < 4.78 is 3.35. The average Bonchev–Trinajstić information content (AvgIpc) is 3.15. The van der Waals surface area contributed by atoms with Crippen LogP contribution in [0.4, 0.5) is 0 Å². The second-order valence-electron chi connectivity index (χ2n) is 12.9. The van der Waals surface area contributed by atoms with Crippen LogP contribution in [0.1, 0.15) is 74.0 Å². The number of alkyl halides is 2. The number of aryl methyl sites for hydroxylation is 2. The van der Waals surface area contributed by atoms with Crippen molar-refractivity contribution in [2.45, 2.75) is 90.0 Å². The third kappa shape index (κ3) is 9.01. The molecule has 0 spiro atoms. The molecule has 9 nitrogen and oxygen atoms in total. The van der Waals surface area contributed by atoms with E-state index in [0.717, 1.165) is 47.9 Å². The summed E-state index contributed by atoms with van der Waals surface area (Å²) >= 11 is 11.9. The molecule has 0 aliphatic heterocycles. The van der Waals surface area contributed by atoms with E-state index >= 15 is 0 Å². The van der Waals surface area contributed by atoms with E-state index in [0.29, 0.717) is 59.7 Å². The quantitative estimate of drug-likeness (QED) is 0.0486. The fourth-order valence-corrected chi connectivity index (χ4v) is 6.62. The molecule has 2 aromatic carbocycles. The summed E-state index contributed by atoms with van der Waals surface area (Å²) in [4.78, 5) is 32.9. The predicted octanol–water partition coefficient (Wildman–Crippen LogP) is 6.17. The first-order valence-electron chi connectivity index (χ1n) is 17.4. The molecule has 50 heavy (non-hydrogen) atoms. The lowest BCUT2D eigenvalue weighted by Crippen LogP contribution is -2.33. The first kappa shape index (κ1) is 37.7. The highest BCUT2D eigenvalue weighted by Gasteiger charge is 2.21. The predicted molar refractivity (Wildman–Crippen MR) is 203 cm³/mol. The molecule has 11 heteroatoms. The van der Waals surface area contributed by atoms with E-state index in [2.05, 4.69) is 10.6 Å². The van der Waals surface area contributed by atoms with Gasteiger partial charge in [0.25, 0.3) is 11.1 Å². The maximum absolute atomic E-state index is 13.9. The van der Waals surface area contributed by atoms with Crippen LogP contribution in [-0.4, -0.2) is 48.2 Å². The van der Waals surface area contributed by atoms with Gasteiger partial charge in [-0.2, -0.15) is 0 Å². The van der Waals surface area contributed by atoms with Crippen LogP contribution in [0.15, 0.2) is 88.7 Å². The molecule has 4 atom stereocenters. The number of nitrogens with one attached hydrogen (secondary N) is 2. The van der Waals surface area contributed by atoms with E-state index in [1.54, 1.807) is 15.2 Å². The van der Waals surface area contributed by atoms with Gasteiger partial charge in [-0.05, 0) is 56.7 Å². The summed E-state index contributed by atoms with van der Waals surface area (Å²) in [5.41, 5.74) is 3.72. The topological polar surface area (TPSA) is 121 Å². The highest BCUT2D eigenvalue weighted by Crippen LogP contribution is 2.24. The maximum atomic E-state index is 13.9. The largest absolute Gasteiger partial charge is 0.387 e. The van der Waals surface area contributed by atoms with Crippen molar-refractivity contribution in [1.82, 2.24) is 24.8 Å². The van der Waals surface area contributed by atoms with Gasteiger partial charge in [-0.25, -0.2) is 4.98 Å². The SMILES string of the molecule is C[C@@H](NCc1cn(CCCCCl)c(=O)c2cc3c(=O)n(CCCCCl)cc(CN[C@H](C)[C@@H](O)c4ccccc4)c3nc12)[C@@H](O)c1ccccc1. The monoisotopic (exact) mass is 719 g/mol. The Morgan fingerprint density at radius 2 is 1.06 bits per heavy atom. The van der Waals surface area contributed by atoms with Crippen molar-refractivity contribution in [3.05, 3.63) is 122 Å². The van der Waals surface area contributed by atoms with Gasteiger partial charge in [-0.1, -0.05) is 60.7 Å². The number of benzene rings is 2. The van der Waals surface area contributed by atoms with Gasteiger partial charge in [0.1, 0.15) is 0 Å². The Bertz CT molecular complexity index is 1830. The maximum Gasteiger partial charge on any atom is 0.260 e. The van der Waals surface area contributed by atoms with Crippen LogP contribution in [0.3, 0.4) is 0 Å². The Hall–Kier alpha value is -3.57. The van der Waals surface area contributed by atoms with Crippen LogP contribution in [0.2, 0.25) is 0 Å². The number of aliphatic hydroxyl groups excluding tert-OH is 2. The van der Waals surface area contributed by atoms with Crippen LogP contribution in [0.25, 0.3) is 21.8 Å². The second kappa shape index (κ2) is 18.1. The van der Waals surface area contributed by atoms with Crippen molar-refractivity contribution in [3.63, 3.8) is 0 Å². The lowest BCUT2D eigenvalue weighted by atomic mass is 10.0. The molecule has 3 aromatic heterocycles. The second-order valence-corrected chi connectivity index (χ2v) is 13.7. The number of hydrogen-bond acceptors (Lipinski definition) is 7. The summed E-state index contributed by atoms with van der Waals surface area (Å²) in [6.07, 6.45) is 5.15. The lowest BCUT2D eigenvalue weighted by molar-refractivity contribution is 0.135. The average molecular weight is 721 g/mol. The summed E-state index contributed by atoms with van der Waals surface area (Å²) in [5, 5.41) is 29.7. The van der Waals surface area contributed by atoms with Crippen molar-refractivity contribution in [3.8, 4) is 0 Å². The molecule has 0 bridgehead atoms. The molecule has 0 saturated carbocycles. The van der Waals surface area contributed by atoms with Crippen LogP contribution in [0.5, 0.6) is 0 Å². The van der Waals surface area contributed by atoms with Gasteiger partial charge in [-0.15, -0.1) is 23.2 Å². The number of aromatic nitrogens is 3. The highest BCUT2D eigenvalue weighted by atomic mass is 35.5. The summed E-state index contributed by atoms with van der Waals surface area (Å²) in [6, 6.07) is 20.0. The van der Waals surface area contributed by atoms with Crippen LogP contribution in [-0.2, 0) is 26.2 Å². The lowest BCUT2D eigenvalue weighted by Gasteiger charge is -2.22. The molecule has 0 aliphatic rings. The summed E-state index contributed by atoms with van der Waals surface area (Å²) in [7, 11) is 0. The van der Waals surface area contributed by atoms with Crippen LogP contribution in [0, 0.1) is 0 Å². The molecule has 0 unspecified atom stereocenters. The van der Waals surface area contributed by atoms with Gasteiger partial charge in [0.05, 0.1) is 34.0 Å². The van der Waals surface area contributed by atoms with Gasteiger partial charge in [0.15, 0.2) is 0 Å². The third-order valence-electron chi connectivity index (χ3n) is 9.26. The zero-order valence-electron chi connectivity index (χ0n) is 28.7. The number of fused-ring (bicyclic) bond motifs is 2. The van der Waals surface area contributed by atoms with E-state index in [4.69, 9.17) is 28.2 Å². The Balaban J connectivity index is 1.58. The molecule has 4 N–H and O–H groups in total. The van der Waals surface area contributed by atoms with E-state index in [1.807, 2.05) is 86.9 Å². The van der Waals surface area contributed by atoms with Gasteiger partial charge >= 0.3 is 0 Å². The molecule has 3 heterocycles. The minimum Gasteiger partial charge on any atom is -0.387 e. The van der Waals surface area contributed by atoms with E-state index in [9.17, 15) is 19.8 Å². The number of unbranched alkanes of at least 4 members (excludes halogenated alkanes) is 2. The molecular weight excluding hydrogens is 673 g/mol. The Labute approximate surface area is 302 Å². The minimum atomic E-state index is -0.742. The van der Waals surface area contributed by atoms with Crippen LogP contribution < -0.4 is 21.8 Å². The van der Waals surface area contributed by atoms with Crippen molar-refractivity contribution in [2.24, 2.45) is 0 Å². The first-order chi connectivity index (χ1) is 24.2. The normalized spacial score (nSPS) is 14.2. The molecule has 5 rings (SSSR count). The fourth-order valence-electron chi connectivity index (χ4n) is 6.24. The number of nitrogens with zero attached hydrogens (tertiary/aromatic N) is 3. The molecule has 0 aliphatic carbocycles. The van der Waals surface area contributed by atoms with Crippen molar-refractivity contribution < 1.29 is 10.2 Å². The zero-order chi connectivity index (χ0) is 35.6. The molecule has 0 radical (unpaired) electrons. The van der Waals surface area contributed by atoms with Crippen molar-refractivity contribution in [2.75, 3.05) is 11.8 Å². The zero-order valence-corrected chi connectivity index (χ0v) is 30.2. The Kier molecular flexibility index (Phi) is 13.6. The number of pyridine rings is 3. The number of halogens is 2. The van der Waals surface area contributed by atoms with Gasteiger partial charge in [0.2, 0.25) is 0 Å². The van der Waals surface area contributed by atoms with Gasteiger partial charge in [0, 0.05) is 73.5 Å². The summed E-state index contributed by atoms with van der Waals surface area (Å²) in [5.74, 6) is 0.998. The summed E-state index contributed by atoms with van der Waals surface area (Å²) in [6.45, 7) is 5.45. The van der Waals surface area contributed by atoms with Crippen molar-refractivity contribution in [1.29, 1.82) is 0 Å². The third-order valence-corrected chi connectivity index (χ3v) is 9.79. The Morgan fingerprint density at radius 3 is 1.44 bits per heavy atom. The number of rotatable bonds is 18. The van der Waals surface area contributed by atoms with Gasteiger partial charge < -0.3 is 30.0 Å². The number of hydrogen-bond donors (Lipinski definition) is 4. The van der Waals surface area contributed by atoms with E-state index in [-0.39, 0.29) is 23.2 Å². The van der Waals surface area contributed by atoms with Gasteiger partial charge in [-0.3, -0.25) is 9.59 Å². The molecule has 0 amide bonds. The van der Waals surface area contributed by atoms with E-state index in [1.165, 1.54) is 0 Å². The van der Waals surface area contributed by atoms with Crippen LogP contribution >= 0.6 is 23.2 Å². The first-order valence-corrected chi connectivity index (χ1v) is 18.4. The molecular formula is C39H47Cl2N5O4. The number of aliphatic hydroxyl groups is 2. The highest BCUT2D eigenvalue weighted by molar-refractivity contribution is 6.18. The molecule has 5 aromatic rings. The molecule has 266 valence electrons. The van der Waals surface area contributed by atoms with E-state index < -0.39 is 12.2 Å². The molecule has 0 saturated heterocycles. The molecule has 0 fully saturated rings. The Morgan fingerprint density at radius 1 is 0.660 bits per heavy atom. The smallest absolute Gasteiger partial charge is 0.260 e.